The van der Waals surface area contributed by atoms with Gasteiger partial charge in [-0.3, -0.25) is 4.79 Å². The SMILES string of the molecule is CC(=O)Oc1c(C(C)(C)C)cc(CCCOC2CCCCO2)cc1C(C)(C)C. The summed E-state index contributed by atoms with van der Waals surface area (Å²) in [4.78, 5) is 11.8. The van der Waals surface area contributed by atoms with Gasteiger partial charge in [0, 0.05) is 24.7 Å². The van der Waals surface area contributed by atoms with E-state index in [4.69, 9.17) is 14.2 Å². The molecule has 1 aliphatic heterocycles. The summed E-state index contributed by atoms with van der Waals surface area (Å²) in [7, 11) is 0. The van der Waals surface area contributed by atoms with Crippen LogP contribution in [-0.4, -0.2) is 25.5 Å². The highest BCUT2D eigenvalue weighted by Gasteiger charge is 2.28. The maximum atomic E-state index is 11.8. The summed E-state index contributed by atoms with van der Waals surface area (Å²) in [6.45, 7) is 16.0. The first-order valence-electron chi connectivity index (χ1n) is 10.6. The fourth-order valence-corrected chi connectivity index (χ4v) is 3.53. The van der Waals surface area contributed by atoms with Crippen LogP contribution in [0.5, 0.6) is 5.75 Å². The van der Waals surface area contributed by atoms with Crippen LogP contribution < -0.4 is 4.74 Å². The predicted octanol–water partition coefficient (Wildman–Crippen LogP) is 5.68. The molecule has 1 unspecified atom stereocenters. The molecule has 4 nitrogen and oxygen atoms in total. The normalized spacial score (nSPS) is 18.2. The Kier molecular flexibility index (Phi) is 7.69. The summed E-state index contributed by atoms with van der Waals surface area (Å²) in [6.07, 6.45) is 5.17. The third-order valence-electron chi connectivity index (χ3n) is 5.06. The summed E-state index contributed by atoms with van der Waals surface area (Å²) in [5.41, 5.74) is 3.20. The molecular formula is C24H38O4. The molecule has 0 spiro atoms. The summed E-state index contributed by atoms with van der Waals surface area (Å²) in [5, 5.41) is 0. The number of hydrogen-bond donors (Lipinski definition) is 0. The van der Waals surface area contributed by atoms with Gasteiger partial charge in [-0.25, -0.2) is 0 Å². The fraction of sp³-hybridized carbons (Fsp3) is 0.708. The molecule has 1 aromatic rings. The molecule has 1 aromatic carbocycles. The third kappa shape index (κ3) is 6.59. The minimum absolute atomic E-state index is 0.0321. The molecule has 0 aliphatic carbocycles. The molecule has 4 heteroatoms. The van der Waals surface area contributed by atoms with Crippen molar-refractivity contribution < 1.29 is 19.0 Å². The molecule has 2 rings (SSSR count). The highest BCUT2D eigenvalue weighted by atomic mass is 16.7. The van der Waals surface area contributed by atoms with Gasteiger partial charge < -0.3 is 14.2 Å². The average molecular weight is 391 g/mol. The van der Waals surface area contributed by atoms with Gasteiger partial charge in [-0.15, -0.1) is 0 Å². The topological polar surface area (TPSA) is 44.8 Å². The van der Waals surface area contributed by atoms with Crippen molar-refractivity contribution in [3.63, 3.8) is 0 Å². The quantitative estimate of drug-likeness (QED) is 0.356. The van der Waals surface area contributed by atoms with Crippen LogP contribution in [-0.2, 0) is 31.5 Å². The summed E-state index contributed by atoms with van der Waals surface area (Å²) >= 11 is 0. The fourth-order valence-electron chi connectivity index (χ4n) is 3.53. The minimum Gasteiger partial charge on any atom is -0.426 e. The first-order chi connectivity index (χ1) is 13.0. The van der Waals surface area contributed by atoms with E-state index in [-0.39, 0.29) is 23.1 Å². The Bertz CT molecular complexity index is 623. The molecule has 0 saturated carbocycles. The Balaban J connectivity index is 2.20. The van der Waals surface area contributed by atoms with Crippen LogP contribution in [0.15, 0.2) is 12.1 Å². The molecule has 0 amide bonds. The monoisotopic (exact) mass is 390 g/mol. The van der Waals surface area contributed by atoms with Gasteiger partial charge >= 0.3 is 5.97 Å². The Morgan fingerprint density at radius 2 is 1.68 bits per heavy atom. The van der Waals surface area contributed by atoms with Crippen molar-refractivity contribution >= 4 is 5.97 Å². The van der Waals surface area contributed by atoms with Crippen molar-refractivity contribution in [1.29, 1.82) is 0 Å². The number of carbonyl (C=O) groups is 1. The largest absolute Gasteiger partial charge is 0.426 e. The molecule has 1 heterocycles. The van der Waals surface area contributed by atoms with Crippen molar-refractivity contribution in [3.8, 4) is 5.75 Å². The maximum Gasteiger partial charge on any atom is 0.308 e. The van der Waals surface area contributed by atoms with Crippen molar-refractivity contribution in [3.05, 3.63) is 28.8 Å². The molecule has 1 aliphatic rings. The smallest absolute Gasteiger partial charge is 0.308 e. The second kappa shape index (κ2) is 9.41. The van der Waals surface area contributed by atoms with Gasteiger partial charge in [0.25, 0.3) is 0 Å². The van der Waals surface area contributed by atoms with Crippen LogP contribution in [0.2, 0.25) is 0 Å². The second-order valence-electron chi connectivity index (χ2n) is 9.88. The van der Waals surface area contributed by atoms with E-state index in [9.17, 15) is 4.79 Å². The predicted molar refractivity (Wildman–Crippen MR) is 113 cm³/mol. The molecule has 158 valence electrons. The molecule has 0 aromatic heterocycles. The van der Waals surface area contributed by atoms with Gasteiger partial charge in [0.05, 0.1) is 6.61 Å². The van der Waals surface area contributed by atoms with E-state index >= 15 is 0 Å². The molecule has 0 radical (unpaired) electrons. The zero-order chi connectivity index (χ0) is 20.9. The Hall–Kier alpha value is -1.39. The zero-order valence-corrected chi connectivity index (χ0v) is 18.8. The number of hydrogen-bond acceptors (Lipinski definition) is 4. The Morgan fingerprint density at radius 3 is 2.14 bits per heavy atom. The average Bonchev–Trinajstić information content (AvgIpc) is 2.58. The maximum absolute atomic E-state index is 11.8. The first-order valence-corrected chi connectivity index (χ1v) is 10.6. The highest BCUT2D eigenvalue weighted by molar-refractivity contribution is 5.71. The first kappa shape index (κ1) is 22.9. The number of esters is 1. The van der Waals surface area contributed by atoms with E-state index in [0.717, 1.165) is 49.2 Å². The number of rotatable bonds is 6. The highest BCUT2D eigenvalue weighted by Crippen LogP contribution is 2.41. The second-order valence-corrected chi connectivity index (χ2v) is 9.88. The molecule has 1 atom stereocenters. The van der Waals surface area contributed by atoms with Crippen LogP contribution in [0.1, 0.15) is 90.8 Å². The summed E-state index contributed by atoms with van der Waals surface area (Å²) in [5.74, 6) is 0.452. The molecule has 28 heavy (non-hydrogen) atoms. The van der Waals surface area contributed by atoms with Gasteiger partial charge in [-0.2, -0.15) is 0 Å². The third-order valence-corrected chi connectivity index (χ3v) is 5.06. The van der Waals surface area contributed by atoms with E-state index in [1.807, 2.05) is 0 Å². The lowest BCUT2D eigenvalue weighted by Gasteiger charge is -2.30. The lowest BCUT2D eigenvalue weighted by Crippen LogP contribution is -2.23. The lowest BCUT2D eigenvalue weighted by atomic mass is 9.78. The number of carbonyl (C=O) groups excluding carboxylic acids is 1. The van der Waals surface area contributed by atoms with E-state index in [1.54, 1.807) is 0 Å². The summed E-state index contributed by atoms with van der Waals surface area (Å²) < 4.78 is 17.2. The van der Waals surface area contributed by atoms with Crippen LogP contribution in [0.25, 0.3) is 0 Å². The zero-order valence-electron chi connectivity index (χ0n) is 18.8. The van der Waals surface area contributed by atoms with Gasteiger partial charge in [0.15, 0.2) is 6.29 Å². The van der Waals surface area contributed by atoms with Crippen molar-refractivity contribution in [2.75, 3.05) is 13.2 Å². The molecule has 0 bridgehead atoms. The van der Waals surface area contributed by atoms with Crippen LogP contribution in [0.3, 0.4) is 0 Å². The van der Waals surface area contributed by atoms with E-state index < -0.39 is 0 Å². The van der Waals surface area contributed by atoms with E-state index in [0.29, 0.717) is 6.61 Å². The summed E-state index contributed by atoms with van der Waals surface area (Å²) in [6, 6.07) is 4.40. The minimum atomic E-state index is -0.273. The molecule has 0 N–H and O–H groups in total. The molecular weight excluding hydrogens is 352 g/mol. The van der Waals surface area contributed by atoms with Crippen molar-refractivity contribution in [1.82, 2.24) is 0 Å². The number of benzene rings is 1. The van der Waals surface area contributed by atoms with Gasteiger partial charge in [0.1, 0.15) is 5.75 Å². The number of ether oxygens (including phenoxy) is 3. The van der Waals surface area contributed by atoms with Gasteiger partial charge in [-0.1, -0.05) is 53.7 Å². The number of aryl methyl sites for hydroxylation is 1. The lowest BCUT2D eigenvalue weighted by molar-refractivity contribution is -0.162. The van der Waals surface area contributed by atoms with E-state index in [1.165, 1.54) is 18.9 Å². The van der Waals surface area contributed by atoms with Crippen molar-refractivity contribution in [2.24, 2.45) is 0 Å². The van der Waals surface area contributed by atoms with Gasteiger partial charge in [0.2, 0.25) is 0 Å². The van der Waals surface area contributed by atoms with Crippen LogP contribution in [0.4, 0.5) is 0 Å². The standard InChI is InChI=1S/C24H38O4/c1-17(25)28-22-19(23(2,3)4)15-18(16-20(22)24(5,6)7)11-10-14-27-21-12-8-9-13-26-21/h15-16,21H,8-14H2,1-7H3. The van der Waals surface area contributed by atoms with Crippen LogP contribution >= 0.6 is 0 Å². The van der Waals surface area contributed by atoms with Crippen LogP contribution in [0, 0.1) is 0 Å². The Labute approximate surface area is 170 Å². The molecule has 1 saturated heterocycles. The van der Waals surface area contributed by atoms with Crippen molar-refractivity contribution in [2.45, 2.75) is 97.7 Å². The van der Waals surface area contributed by atoms with E-state index in [2.05, 4.69) is 53.7 Å². The Morgan fingerprint density at radius 1 is 1.07 bits per heavy atom. The molecule has 1 fully saturated rings. The van der Waals surface area contributed by atoms with Gasteiger partial charge in [-0.05, 0) is 48.5 Å².